The van der Waals surface area contributed by atoms with Crippen molar-refractivity contribution in [1.82, 2.24) is 20.3 Å². The zero-order chi connectivity index (χ0) is 19.3. The van der Waals surface area contributed by atoms with Crippen LogP contribution in [0.4, 0.5) is 25.4 Å². The third-order valence-corrected chi connectivity index (χ3v) is 5.15. The van der Waals surface area contributed by atoms with E-state index in [1.54, 1.807) is 29.2 Å². The minimum Gasteiger partial charge on any atom is -0.442 e. The summed E-state index contributed by atoms with van der Waals surface area (Å²) in [4.78, 5) is 26.7. The predicted molar refractivity (Wildman–Crippen MR) is 93.4 cm³/mol. The maximum absolute atomic E-state index is 14.8. The lowest BCUT2D eigenvalue weighted by molar-refractivity contribution is 0.129. The van der Waals surface area contributed by atoms with Gasteiger partial charge in [0.05, 0.1) is 43.2 Å². The van der Waals surface area contributed by atoms with Crippen molar-refractivity contribution in [1.29, 1.82) is 0 Å². The average molecular weight is 388 g/mol. The van der Waals surface area contributed by atoms with Gasteiger partial charge in [-0.2, -0.15) is 0 Å². The topological polar surface area (TPSA) is 102 Å². The Balaban J connectivity index is 1.29. The molecule has 3 saturated heterocycles. The number of nitrogens with one attached hydrogen (secondary N) is 1. The SMILES string of the molecule is O=C1NC2CN(c3ccc(N4C[C@H](Cn5ccnn5)OC4=O)cc3F)CC2O1. The molecule has 5 rings (SSSR count). The highest BCUT2D eigenvalue weighted by Crippen LogP contribution is 2.31. The van der Waals surface area contributed by atoms with Crippen LogP contribution in [-0.4, -0.2) is 65.1 Å². The van der Waals surface area contributed by atoms with Gasteiger partial charge in [-0.1, -0.05) is 5.21 Å². The Morgan fingerprint density at radius 3 is 2.86 bits per heavy atom. The smallest absolute Gasteiger partial charge is 0.414 e. The molecule has 3 aliphatic rings. The second kappa shape index (κ2) is 6.36. The van der Waals surface area contributed by atoms with Gasteiger partial charge in [0.2, 0.25) is 0 Å². The van der Waals surface area contributed by atoms with Crippen molar-refractivity contribution in [3.63, 3.8) is 0 Å². The number of rotatable bonds is 4. The minimum absolute atomic E-state index is 0.141. The Morgan fingerprint density at radius 1 is 1.21 bits per heavy atom. The molecule has 2 amide bonds. The van der Waals surface area contributed by atoms with E-state index < -0.39 is 24.1 Å². The van der Waals surface area contributed by atoms with E-state index in [4.69, 9.17) is 9.47 Å². The van der Waals surface area contributed by atoms with E-state index in [1.165, 1.54) is 11.0 Å². The fourth-order valence-corrected chi connectivity index (χ4v) is 3.84. The number of alkyl carbamates (subject to hydrolysis) is 1. The van der Waals surface area contributed by atoms with E-state index >= 15 is 0 Å². The molecule has 11 heteroatoms. The first-order valence-electron chi connectivity index (χ1n) is 8.91. The third-order valence-electron chi connectivity index (χ3n) is 5.15. The lowest BCUT2D eigenvalue weighted by Crippen LogP contribution is -2.32. The first-order chi connectivity index (χ1) is 13.6. The number of halogens is 1. The Kier molecular flexibility index (Phi) is 3.81. The molecular weight excluding hydrogens is 371 g/mol. The molecule has 146 valence electrons. The number of carbonyl (C=O) groups excluding carboxylic acids is 2. The molecule has 28 heavy (non-hydrogen) atoms. The number of aromatic nitrogens is 3. The summed E-state index contributed by atoms with van der Waals surface area (Å²) in [6.45, 7) is 1.57. The van der Waals surface area contributed by atoms with E-state index in [1.807, 2.05) is 4.90 Å². The number of amides is 2. The van der Waals surface area contributed by atoms with Crippen LogP contribution in [0, 0.1) is 5.82 Å². The van der Waals surface area contributed by atoms with Crippen LogP contribution in [0.5, 0.6) is 0 Å². The fourth-order valence-electron chi connectivity index (χ4n) is 3.84. The van der Waals surface area contributed by atoms with Crippen molar-refractivity contribution in [3.05, 3.63) is 36.4 Å². The standard InChI is InChI=1S/C17H17FN6O4/c18-12-5-10(24-7-11(27-17(24)26)6-23-4-3-19-21-23)1-2-14(12)22-8-13-15(9-22)28-16(25)20-13/h1-5,11,13,15H,6-9H2,(H,20,25)/t11-,13?,15?/m0/s1. The molecule has 4 heterocycles. The number of ether oxygens (including phenoxy) is 2. The molecule has 0 radical (unpaired) electrons. The number of benzene rings is 1. The van der Waals surface area contributed by atoms with Crippen molar-refractivity contribution >= 4 is 23.6 Å². The highest BCUT2D eigenvalue weighted by molar-refractivity contribution is 5.90. The Bertz CT molecular complexity index is 906. The van der Waals surface area contributed by atoms with Crippen molar-refractivity contribution in [2.24, 2.45) is 0 Å². The van der Waals surface area contributed by atoms with E-state index in [2.05, 4.69) is 15.6 Å². The van der Waals surface area contributed by atoms with Crippen LogP contribution >= 0.6 is 0 Å². The highest BCUT2D eigenvalue weighted by atomic mass is 19.1. The summed E-state index contributed by atoms with van der Waals surface area (Å²) < 4.78 is 26.8. The summed E-state index contributed by atoms with van der Waals surface area (Å²) in [6, 6.07) is 4.50. The van der Waals surface area contributed by atoms with Gasteiger partial charge in [-0.25, -0.2) is 18.7 Å². The summed E-state index contributed by atoms with van der Waals surface area (Å²) in [5.41, 5.74) is 0.832. The summed E-state index contributed by atoms with van der Waals surface area (Å²) in [6.07, 6.45) is 1.60. The van der Waals surface area contributed by atoms with Gasteiger partial charge in [-0.3, -0.25) is 4.90 Å². The van der Waals surface area contributed by atoms with Crippen LogP contribution in [0.15, 0.2) is 30.6 Å². The van der Waals surface area contributed by atoms with Crippen LogP contribution in [0.2, 0.25) is 0 Å². The number of anilines is 2. The molecule has 2 unspecified atom stereocenters. The largest absolute Gasteiger partial charge is 0.442 e. The second-order valence-corrected chi connectivity index (χ2v) is 6.98. The molecule has 3 fully saturated rings. The van der Waals surface area contributed by atoms with E-state index in [-0.39, 0.29) is 12.1 Å². The van der Waals surface area contributed by atoms with Gasteiger partial charge in [0, 0.05) is 12.7 Å². The van der Waals surface area contributed by atoms with Crippen molar-refractivity contribution < 1.29 is 23.5 Å². The van der Waals surface area contributed by atoms with Crippen LogP contribution in [0.25, 0.3) is 0 Å². The maximum atomic E-state index is 14.8. The molecule has 10 nitrogen and oxygen atoms in total. The van der Waals surface area contributed by atoms with Crippen molar-refractivity contribution in [3.8, 4) is 0 Å². The van der Waals surface area contributed by atoms with E-state index in [0.29, 0.717) is 37.6 Å². The Labute approximate surface area is 158 Å². The van der Waals surface area contributed by atoms with Gasteiger partial charge in [-0.05, 0) is 18.2 Å². The van der Waals surface area contributed by atoms with Gasteiger partial charge in [0.25, 0.3) is 0 Å². The highest BCUT2D eigenvalue weighted by Gasteiger charge is 2.42. The number of carbonyl (C=O) groups is 2. The molecule has 1 aromatic carbocycles. The van der Waals surface area contributed by atoms with Gasteiger partial charge in [0.1, 0.15) is 18.0 Å². The molecule has 0 aliphatic carbocycles. The number of hydrogen-bond acceptors (Lipinski definition) is 7. The number of fused-ring (bicyclic) bond motifs is 1. The summed E-state index contributed by atoms with van der Waals surface area (Å²) in [5, 5.41) is 10.3. The zero-order valence-electron chi connectivity index (χ0n) is 14.7. The predicted octanol–water partition coefficient (Wildman–Crippen LogP) is 0.740. The minimum atomic E-state index is -0.524. The maximum Gasteiger partial charge on any atom is 0.414 e. The van der Waals surface area contributed by atoms with Crippen molar-refractivity contribution in [2.45, 2.75) is 24.8 Å². The average Bonchev–Trinajstić information content (AvgIpc) is 3.40. The molecule has 0 spiro atoms. The van der Waals surface area contributed by atoms with Crippen LogP contribution in [-0.2, 0) is 16.0 Å². The van der Waals surface area contributed by atoms with Gasteiger partial charge in [-0.15, -0.1) is 5.10 Å². The van der Waals surface area contributed by atoms with Gasteiger partial charge in [0.15, 0.2) is 0 Å². The van der Waals surface area contributed by atoms with Crippen LogP contribution in [0.3, 0.4) is 0 Å². The summed E-state index contributed by atoms with van der Waals surface area (Å²) in [7, 11) is 0. The molecule has 1 aromatic heterocycles. The molecule has 1 N–H and O–H groups in total. The first kappa shape index (κ1) is 16.8. The Hall–Kier alpha value is -3.37. The number of hydrogen-bond donors (Lipinski definition) is 1. The van der Waals surface area contributed by atoms with E-state index in [9.17, 15) is 14.0 Å². The normalized spacial score (nSPS) is 26.2. The Morgan fingerprint density at radius 2 is 2.11 bits per heavy atom. The fraction of sp³-hybridized carbons (Fsp3) is 0.412. The molecule has 3 atom stereocenters. The lowest BCUT2D eigenvalue weighted by atomic mass is 10.2. The zero-order valence-corrected chi connectivity index (χ0v) is 14.7. The quantitative estimate of drug-likeness (QED) is 0.824. The monoisotopic (exact) mass is 388 g/mol. The summed E-state index contributed by atoms with van der Waals surface area (Å²) >= 11 is 0. The van der Waals surface area contributed by atoms with Gasteiger partial charge < -0.3 is 19.7 Å². The van der Waals surface area contributed by atoms with E-state index in [0.717, 1.165) is 0 Å². The second-order valence-electron chi connectivity index (χ2n) is 6.98. The number of nitrogens with zero attached hydrogens (tertiary/aromatic N) is 5. The molecule has 0 bridgehead atoms. The number of cyclic esters (lactones) is 1. The lowest BCUT2D eigenvalue weighted by Gasteiger charge is -2.21. The van der Waals surface area contributed by atoms with Crippen LogP contribution < -0.4 is 15.1 Å². The summed E-state index contributed by atoms with van der Waals surface area (Å²) in [5.74, 6) is -0.448. The van der Waals surface area contributed by atoms with Gasteiger partial charge >= 0.3 is 12.2 Å². The first-order valence-corrected chi connectivity index (χ1v) is 8.91. The third kappa shape index (κ3) is 2.88. The van der Waals surface area contributed by atoms with Crippen LogP contribution in [0.1, 0.15) is 0 Å². The molecule has 2 aromatic rings. The molecule has 3 aliphatic heterocycles. The molecular formula is C17H17FN6O4. The van der Waals surface area contributed by atoms with Crippen molar-refractivity contribution in [2.75, 3.05) is 29.4 Å². The molecule has 0 saturated carbocycles.